The van der Waals surface area contributed by atoms with Crippen LogP contribution in [-0.2, 0) is 6.18 Å². The number of piperidine rings is 1. The van der Waals surface area contributed by atoms with Crippen molar-refractivity contribution in [2.45, 2.75) is 25.1 Å². The van der Waals surface area contributed by atoms with Crippen molar-refractivity contribution in [3.05, 3.63) is 59.4 Å². The summed E-state index contributed by atoms with van der Waals surface area (Å²) in [5, 5.41) is 2.33. The van der Waals surface area contributed by atoms with Gasteiger partial charge in [-0.15, -0.1) is 0 Å². The molecule has 3 rings (SSSR count). The minimum atomic E-state index is -4.67. The Morgan fingerprint density at radius 1 is 1.14 bits per heavy atom. The molecule has 0 bridgehead atoms. The van der Waals surface area contributed by atoms with Gasteiger partial charge in [-0.1, -0.05) is 12.1 Å². The first-order valence-corrected chi connectivity index (χ1v) is 8.86. The molecule has 0 unspecified atom stereocenters. The molecule has 1 amide bonds. The first-order chi connectivity index (χ1) is 13.2. The molecule has 1 heterocycles. The van der Waals surface area contributed by atoms with E-state index >= 15 is 0 Å². The largest absolute Gasteiger partial charge is 0.490 e. The SMILES string of the molecule is CN1CCC(Oc2cc(F)cc(NC(=O)c3ccccc3C(F)(F)F)c2)CC1. The van der Waals surface area contributed by atoms with Crippen molar-refractivity contribution in [3.8, 4) is 5.75 Å². The fourth-order valence-electron chi connectivity index (χ4n) is 3.12. The molecule has 0 saturated carbocycles. The first kappa shape index (κ1) is 20.1. The fourth-order valence-corrected chi connectivity index (χ4v) is 3.12. The lowest BCUT2D eigenvalue weighted by Gasteiger charge is -2.29. The van der Waals surface area contributed by atoms with Crippen molar-refractivity contribution >= 4 is 11.6 Å². The molecule has 28 heavy (non-hydrogen) atoms. The zero-order valence-electron chi connectivity index (χ0n) is 15.2. The molecule has 1 N–H and O–H groups in total. The number of hydrogen-bond acceptors (Lipinski definition) is 3. The fraction of sp³-hybridized carbons (Fsp3) is 0.350. The molecule has 150 valence electrons. The number of alkyl halides is 3. The maximum absolute atomic E-state index is 13.9. The van der Waals surface area contributed by atoms with Crippen LogP contribution in [0.2, 0.25) is 0 Å². The van der Waals surface area contributed by atoms with Gasteiger partial charge in [0.25, 0.3) is 5.91 Å². The van der Waals surface area contributed by atoms with Crippen molar-refractivity contribution in [1.29, 1.82) is 0 Å². The lowest BCUT2D eigenvalue weighted by Crippen LogP contribution is -2.35. The Kier molecular flexibility index (Phi) is 5.88. The number of rotatable bonds is 4. The molecule has 2 aromatic rings. The average molecular weight is 396 g/mol. The molecule has 1 saturated heterocycles. The van der Waals surface area contributed by atoms with Crippen LogP contribution in [0.1, 0.15) is 28.8 Å². The maximum Gasteiger partial charge on any atom is 0.417 e. The Labute approximate surface area is 160 Å². The van der Waals surface area contributed by atoms with E-state index < -0.39 is 29.0 Å². The highest BCUT2D eigenvalue weighted by molar-refractivity contribution is 6.05. The number of likely N-dealkylation sites (tertiary alicyclic amines) is 1. The maximum atomic E-state index is 13.9. The summed E-state index contributed by atoms with van der Waals surface area (Å²) < 4.78 is 59.0. The number of amides is 1. The van der Waals surface area contributed by atoms with E-state index in [0.29, 0.717) is 0 Å². The monoisotopic (exact) mass is 396 g/mol. The van der Waals surface area contributed by atoms with Crippen LogP contribution >= 0.6 is 0 Å². The van der Waals surface area contributed by atoms with Gasteiger partial charge in [0.05, 0.1) is 11.1 Å². The molecular formula is C20H20F4N2O2. The Morgan fingerprint density at radius 2 is 1.82 bits per heavy atom. The third-order valence-corrected chi connectivity index (χ3v) is 4.57. The van der Waals surface area contributed by atoms with E-state index in [0.717, 1.165) is 44.1 Å². The molecule has 0 aromatic heterocycles. The summed E-state index contributed by atoms with van der Waals surface area (Å²) in [7, 11) is 2.00. The Bertz CT molecular complexity index is 846. The molecule has 1 aliphatic heterocycles. The van der Waals surface area contributed by atoms with Gasteiger partial charge in [-0.3, -0.25) is 4.79 Å². The molecule has 4 nitrogen and oxygen atoms in total. The summed E-state index contributed by atoms with van der Waals surface area (Å²) in [6, 6.07) is 8.09. The molecule has 1 fully saturated rings. The third-order valence-electron chi connectivity index (χ3n) is 4.57. The summed E-state index contributed by atoms with van der Waals surface area (Å²) in [4.78, 5) is 14.5. The van der Waals surface area contributed by atoms with Gasteiger partial charge in [0.2, 0.25) is 0 Å². The van der Waals surface area contributed by atoms with Crippen molar-refractivity contribution in [1.82, 2.24) is 4.90 Å². The van der Waals surface area contributed by atoms with Crippen LogP contribution in [0.15, 0.2) is 42.5 Å². The number of carbonyl (C=O) groups excluding carboxylic acids is 1. The van der Waals surface area contributed by atoms with Crippen molar-refractivity contribution in [2.75, 3.05) is 25.5 Å². The van der Waals surface area contributed by atoms with Gasteiger partial charge in [-0.2, -0.15) is 13.2 Å². The summed E-state index contributed by atoms with van der Waals surface area (Å²) in [5.41, 5.74) is -1.55. The molecule has 0 atom stereocenters. The number of halogens is 4. The molecule has 0 aliphatic carbocycles. The summed E-state index contributed by atoms with van der Waals surface area (Å²) in [5.74, 6) is -1.39. The van der Waals surface area contributed by atoms with Gasteiger partial charge in [0, 0.05) is 30.9 Å². The predicted molar refractivity (Wildman–Crippen MR) is 96.9 cm³/mol. The number of nitrogens with one attached hydrogen (secondary N) is 1. The Hall–Kier alpha value is -2.61. The normalized spacial score (nSPS) is 16.0. The second-order valence-electron chi connectivity index (χ2n) is 6.79. The van der Waals surface area contributed by atoms with Crippen molar-refractivity contribution < 1.29 is 27.1 Å². The number of benzene rings is 2. The minimum absolute atomic E-state index is 0.0323. The van der Waals surface area contributed by atoms with E-state index in [9.17, 15) is 22.4 Å². The average Bonchev–Trinajstić information content (AvgIpc) is 2.62. The van der Waals surface area contributed by atoms with E-state index in [4.69, 9.17) is 4.74 Å². The minimum Gasteiger partial charge on any atom is -0.490 e. The van der Waals surface area contributed by atoms with E-state index in [-0.39, 0.29) is 17.5 Å². The van der Waals surface area contributed by atoms with Gasteiger partial charge < -0.3 is 15.0 Å². The first-order valence-electron chi connectivity index (χ1n) is 8.86. The summed E-state index contributed by atoms with van der Waals surface area (Å²) in [6.45, 7) is 1.72. The van der Waals surface area contributed by atoms with Gasteiger partial charge in [-0.25, -0.2) is 4.39 Å². The standard InChI is InChI=1S/C20H20F4N2O2/c1-26-8-6-15(7-9-26)28-16-11-13(21)10-14(12-16)25-19(27)17-4-2-3-5-18(17)20(22,23)24/h2-5,10-12,15H,6-9H2,1H3,(H,25,27). The van der Waals surface area contributed by atoms with Gasteiger partial charge in [0.1, 0.15) is 17.7 Å². The Morgan fingerprint density at radius 3 is 2.50 bits per heavy atom. The van der Waals surface area contributed by atoms with Crippen molar-refractivity contribution in [2.24, 2.45) is 0 Å². The summed E-state index contributed by atoms with van der Waals surface area (Å²) in [6.07, 6.45) is -3.17. The van der Waals surface area contributed by atoms with Crippen LogP contribution in [0.3, 0.4) is 0 Å². The molecular weight excluding hydrogens is 376 g/mol. The third kappa shape index (κ3) is 5.01. The van der Waals surface area contributed by atoms with Crippen LogP contribution in [0, 0.1) is 5.82 Å². The van der Waals surface area contributed by atoms with Gasteiger partial charge >= 0.3 is 6.18 Å². The van der Waals surface area contributed by atoms with Crippen LogP contribution in [-0.4, -0.2) is 37.0 Å². The second-order valence-corrected chi connectivity index (χ2v) is 6.79. The topological polar surface area (TPSA) is 41.6 Å². The highest BCUT2D eigenvalue weighted by Crippen LogP contribution is 2.32. The number of ether oxygens (including phenoxy) is 1. The summed E-state index contributed by atoms with van der Waals surface area (Å²) >= 11 is 0. The Balaban J connectivity index is 1.76. The highest BCUT2D eigenvalue weighted by atomic mass is 19.4. The second kappa shape index (κ2) is 8.18. The molecule has 2 aromatic carbocycles. The van der Waals surface area contributed by atoms with E-state index in [1.807, 2.05) is 7.05 Å². The zero-order chi connectivity index (χ0) is 20.3. The predicted octanol–water partition coefficient (Wildman–Crippen LogP) is 4.57. The van der Waals surface area contributed by atoms with Crippen LogP contribution in [0.25, 0.3) is 0 Å². The smallest absolute Gasteiger partial charge is 0.417 e. The number of nitrogens with zero attached hydrogens (tertiary/aromatic N) is 1. The lowest BCUT2D eigenvalue weighted by molar-refractivity contribution is -0.137. The molecule has 8 heteroatoms. The highest BCUT2D eigenvalue weighted by Gasteiger charge is 2.34. The molecule has 0 radical (unpaired) electrons. The van der Waals surface area contributed by atoms with Crippen LogP contribution < -0.4 is 10.1 Å². The molecule has 0 spiro atoms. The van der Waals surface area contributed by atoms with Crippen LogP contribution in [0.4, 0.5) is 23.2 Å². The quantitative estimate of drug-likeness (QED) is 0.770. The number of hydrogen-bond donors (Lipinski definition) is 1. The van der Waals surface area contributed by atoms with Crippen LogP contribution in [0.5, 0.6) is 5.75 Å². The van der Waals surface area contributed by atoms with Gasteiger partial charge in [0.15, 0.2) is 0 Å². The van der Waals surface area contributed by atoms with E-state index in [1.165, 1.54) is 24.3 Å². The molecule has 1 aliphatic rings. The van der Waals surface area contributed by atoms with E-state index in [2.05, 4.69) is 10.2 Å². The van der Waals surface area contributed by atoms with Crippen molar-refractivity contribution in [3.63, 3.8) is 0 Å². The van der Waals surface area contributed by atoms with Gasteiger partial charge in [-0.05, 0) is 38.1 Å². The number of anilines is 1. The lowest BCUT2D eigenvalue weighted by atomic mass is 10.1. The number of carbonyl (C=O) groups is 1. The zero-order valence-corrected chi connectivity index (χ0v) is 15.2. The van der Waals surface area contributed by atoms with E-state index in [1.54, 1.807) is 0 Å².